The van der Waals surface area contributed by atoms with Crippen LogP contribution < -0.4 is 0 Å². The van der Waals surface area contributed by atoms with E-state index in [4.69, 9.17) is 9.26 Å². The molecule has 0 unspecified atom stereocenters. The number of benzene rings is 1. The van der Waals surface area contributed by atoms with Crippen LogP contribution in [0.15, 0.2) is 28.9 Å². The highest BCUT2D eigenvalue weighted by atomic mass is 16.5. The minimum Gasteiger partial charge on any atom is -0.377 e. The highest BCUT2D eigenvalue weighted by Crippen LogP contribution is 2.31. The summed E-state index contributed by atoms with van der Waals surface area (Å²) in [6, 6.07) is 6.41. The standard InChI is InChI=1S/C21H25N5O3/c1-13(2)21(27)25-7-5-14(6-8-25)20-23-19(24-29-20)15-3-4-16-10-22-26(18(16)9-15)17-11-28-12-17/h3-4,9-10,13-14,17H,5-8,11-12H2,1-2H3. The van der Waals surface area contributed by atoms with Crippen LogP contribution in [-0.4, -0.2) is 57.0 Å². The molecular weight excluding hydrogens is 370 g/mol. The highest BCUT2D eigenvalue weighted by Gasteiger charge is 2.29. The van der Waals surface area contributed by atoms with Gasteiger partial charge in [0.25, 0.3) is 0 Å². The Kier molecular flexibility index (Phi) is 4.58. The minimum absolute atomic E-state index is 0.0383. The van der Waals surface area contributed by atoms with Crippen molar-refractivity contribution in [3.63, 3.8) is 0 Å². The lowest BCUT2D eigenvalue weighted by molar-refractivity contribution is -0.135. The minimum atomic E-state index is 0.0383. The molecule has 1 amide bonds. The van der Waals surface area contributed by atoms with Gasteiger partial charge in [-0.2, -0.15) is 10.1 Å². The molecule has 0 saturated carbocycles. The molecule has 0 radical (unpaired) electrons. The molecule has 0 atom stereocenters. The molecular formula is C21H25N5O3. The number of piperidine rings is 1. The highest BCUT2D eigenvalue weighted by molar-refractivity contribution is 5.83. The van der Waals surface area contributed by atoms with Crippen molar-refractivity contribution >= 4 is 16.8 Å². The fourth-order valence-corrected chi connectivity index (χ4v) is 4.06. The first kappa shape index (κ1) is 18.3. The van der Waals surface area contributed by atoms with Crippen molar-refractivity contribution in [1.82, 2.24) is 24.8 Å². The third-order valence-electron chi connectivity index (χ3n) is 5.91. The summed E-state index contributed by atoms with van der Waals surface area (Å²) in [6.07, 6.45) is 3.59. The third-order valence-corrected chi connectivity index (χ3v) is 5.91. The van der Waals surface area contributed by atoms with Crippen LogP contribution in [-0.2, 0) is 9.53 Å². The van der Waals surface area contributed by atoms with E-state index in [2.05, 4.69) is 21.3 Å². The van der Waals surface area contributed by atoms with Gasteiger partial charge in [0.05, 0.1) is 31.0 Å². The van der Waals surface area contributed by atoms with Crippen LogP contribution in [0.2, 0.25) is 0 Å². The van der Waals surface area contributed by atoms with Gasteiger partial charge in [-0.05, 0) is 18.9 Å². The summed E-state index contributed by atoms with van der Waals surface area (Å²) in [7, 11) is 0. The molecule has 152 valence electrons. The number of carbonyl (C=O) groups excluding carboxylic acids is 1. The van der Waals surface area contributed by atoms with E-state index in [0.29, 0.717) is 31.0 Å². The van der Waals surface area contributed by atoms with E-state index >= 15 is 0 Å². The Morgan fingerprint density at radius 2 is 2.00 bits per heavy atom. The number of carbonyl (C=O) groups is 1. The van der Waals surface area contributed by atoms with Crippen LogP contribution in [0, 0.1) is 5.92 Å². The fourth-order valence-electron chi connectivity index (χ4n) is 4.06. The molecule has 8 nitrogen and oxygen atoms in total. The van der Waals surface area contributed by atoms with Gasteiger partial charge in [-0.1, -0.05) is 31.1 Å². The summed E-state index contributed by atoms with van der Waals surface area (Å²) in [5.74, 6) is 1.72. The zero-order valence-corrected chi connectivity index (χ0v) is 16.7. The lowest BCUT2D eigenvalue weighted by Crippen LogP contribution is -2.40. The second-order valence-corrected chi connectivity index (χ2v) is 8.26. The molecule has 5 rings (SSSR count). The molecule has 8 heteroatoms. The Bertz CT molecular complexity index is 1030. The predicted molar refractivity (Wildman–Crippen MR) is 106 cm³/mol. The smallest absolute Gasteiger partial charge is 0.230 e. The average Bonchev–Trinajstić information content (AvgIpc) is 3.34. The third kappa shape index (κ3) is 3.31. The molecule has 2 saturated heterocycles. The first-order valence-corrected chi connectivity index (χ1v) is 10.3. The van der Waals surface area contributed by atoms with Crippen LogP contribution in [0.1, 0.15) is 44.5 Å². The Balaban J connectivity index is 1.33. The molecule has 0 bridgehead atoms. The van der Waals surface area contributed by atoms with E-state index in [-0.39, 0.29) is 17.7 Å². The summed E-state index contributed by atoms with van der Waals surface area (Å²) in [5.41, 5.74) is 1.98. The molecule has 3 aromatic rings. The van der Waals surface area contributed by atoms with E-state index < -0.39 is 0 Å². The monoisotopic (exact) mass is 395 g/mol. The van der Waals surface area contributed by atoms with Gasteiger partial charge in [0.15, 0.2) is 0 Å². The number of ether oxygens (including phenoxy) is 1. The number of nitrogens with zero attached hydrogens (tertiary/aromatic N) is 5. The van der Waals surface area contributed by atoms with Crippen molar-refractivity contribution in [2.45, 2.75) is 38.6 Å². The second-order valence-electron chi connectivity index (χ2n) is 8.26. The fraction of sp³-hybridized carbons (Fsp3) is 0.524. The van der Waals surface area contributed by atoms with Crippen molar-refractivity contribution < 1.29 is 14.1 Å². The zero-order chi connectivity index (χ0) is 20.0. The molecule has 0 spiro atoms. The maximum absolute atomic E-state index is 12.2. The van der Waals surface area contributed by atoms with Crippen molar-refractivity contribution in [1.29, 1.82) is 0 Å². The topological polar surface area (TPSA) is 86.3 Å². The Hall–Kier alpha value is -2.74. The lowest BCUT2D eigenvalue weighted by atomic mass is 9.96. The normalized spacial score (nSPS) is 18.5. The van der Waals surface area contributed by atoms with E-state index in [0.717, 1.165) is 42.4 Å². The quantitative estimate of drug-likeness (QED) is 0.675. The number of fused-ring (bicyclic) bond motifs is 1. The zero-order valence-electron chi connectivity index (χ0n) is 16.7. The summed E-state index contributed by atoms with van der Waals surface area (Å²) < 4.78 is 12.9. The number of amides is 1. The van der Waals surface area contributed by atoms with Gasteiger partial charge in [0, 0.05) is 35.9 Å². The average molecular weight is 395 g/mol. The summed E-state index contributed by atoms with van der Waals surface area (Å²) >= 11 is 0. The SMILES string of the molecule is CC(C)C(=O)N1CCC(c2nc(-c3ccc4cnn(C5COC5)c4c3)no2)CC1. The second kappa shape index (κ2) is 7.26. The molecule has 2 aliphatic heterocycles. The summed E-state index contributed by atoms with van der Waals surface area (Å²) in [4.78, 5) is 18.8. The van der Waals surface area contributed by atoms with Gasteiger partial charge in [-0.25, -0.2) is 0 Å². The Morgan fingerprint density at radius 3 is 2.69 bits per heavy atom. The van der Waals surface area contributed by atoms with Gasteiger partial charge in [0.2, 0.25) is 17.6 Å². The first-order valence-electron chi connectivity index (χ1n) is 10.3. The Labute approximate surface area is 168 Å². The molecule has 2 aromatic heterocycles. The van der Waals surface area contributed by atoms with Crippen molar-refractivity contribution in [3.8, 4) is 11.4 Å². The molecule has 0 aliphatic carbocycles. The largest absolute Gasteiger partial charge is 0.377 e. The van der Waals surface area contributed by atoms with Crippen molar-refractivity contribution in [2.24, 2.45) is 5.92 Å². The number of aromatic nitrogens is 4. The maximum atomic E-state index is 12.2. The lowest BCUT2D eigenvalue weighted by Gasteiger charge is -2.31. The molecule has 2 aliphatic rings. The maximum Gasteiger partial charge on any atom is 0.230 e. The van der Waals surface area contributed by atoms with Crippen LogP contribution in [0.4, 0.5) is 0 Å². The number of hydrogen-bond donors (Lipinski definition) is 0. The van der Waals surface area contributed by atoms with E-state index in [1.807, 2.05) is 41.8 Å². The summed E-state index contributed by atoms with van der Waals surface area (Å²) in [6.45, 7) is 6.78. The van der Waals surface area contributed by atoms with Crippen LogP contribution in [0.3, 0.4) is 0 Å². The van der Waals surface area contributed by atoms with Gasteiger partial charge in [-0.15, -0.1) is 0 Å². The van der Waals surface area contributed by atoms with Crippen molar-refractivity contribution in [3.05, 3.63) is 30.3 Å². The number of hydrogen-bond acceptors (Lipinski definition) is 6. The Morgan fingerprint density at radius 1 is 1.21 bits per heavy atom. The van der Waals surface area contributed by atoms with Gasteiger partial charge < -0.3 is 14.2 Å². The predicted octanol–water partition coefficient (Wildman–Crippen LogP) is 3.02. The van der Waals surface area contributed by atoms with E-state index in [1.54, 1.807) is 0 Å². The first-order chi connectivity index (χ1) is 14.1. The number of likely N-dealkylation sites (tertiary alicyclic amines) is 1. The van der Waals surface area contributed by atoms with Crippen LogP contribution in [0.5, 0.6) is 0 Å². The van der Waals surface area contributed by atoms with Gasteiger partial charge in [0.1, 0.15) is 0 Å². The molecule has 29 heavy (non-hydrogen) atoms. The van der Waals surface area contributed by atoms with Gasteiger partial charge in [-0.3, -0.25) is 9.48 Å². The van der Waals surface area contributed by atoms with Crippen LogP contribution in [0.25, 0.3) is 22.3 Å². The molecule has 1 aromatic carbocycles. The van der Waals surface area contributed by atoms with E-state index in [1.165, 1.54) is 0 Å². The van der Waals surface area contributed by atoms with Crippen molar-refractivity contribution in [2.75, 3.05) is 26.3 Å². The summed E-state index contributed by atoms with van der Waals surface area (Å²) in [5, 5.41) is 9.82. The van der Waals surface area contributed by atoms with Gasteiger partial charge >= 0.3 is 0 Å². The van der Waals surface area contributed by atoms with E-state index in [9.17, 15) is 4.79 Å². The molecule has 0 N–H and O–H groups in total. The molecule has 2 fully saturated rings. The molecule has 4 heterocycles. The number of rotatable bonds is 4. The van der Waals surface area contributed by atoms with Crippen LogP contribution >= 0.6 is 0 Å².